The van der Waals surface area contributed by atoms with Crippen LogP contribution in [0.4, 0.5) is 5.82 Å². The van der Waals surface area contributed by atoms with Crippen molar-refractivity contribution >= 4 is 17.9 Å². The summed E-state index contributed by atoms with van der Waals surface area (Å²) in [5, 5.41) is 7.46. The molecule has 1 aliphatic carbocycles. The first-order valence-corrected chi connectivity index (χ1v) is 7.29. The highest BCUT2D eigenvalue weighted by Gasteiger charge is 2.25. The van der Waals surface area contributed by atoms with Crippen LogP contribution >= 0.6 is 0 Å². The second kappa shape index (κ2) is 6.11. The highest BCUT2D eigenvalue weighted by atomic mass is 16.2. The molecule has 1 saturated carbocycles. The predicted octanol–water partition coefficient (Wildman–Crippen LogP) is 2.67. The van der Waals surface area contributed by atoms with Gasteiger partial charge in [-0.3, -0.25) is 4.79 Å². The molecule has 20 heavy (non-hydrogen) atoms. The van der Waals surface area contributed by atoms with E-state index < -0.39 is 0 Å². The molecule has 110 valence electrons. The van der Waals surface area contributed by atoms with Crippen LogP contribution in [-0.4, -0.2) is 35.7 Å². The molecule has 1 heterocycles. The van der Waals surface area contributed by atoms with Crippen LogP contribution < -0.4 is 5.73 Å². The summed E-state index contributed by atoms with van der Waals surface area (Å²) in [5.41, 5.74) is 7.42. The summed E-state index contributed by atoms with van der Waals surface area (Å²) in [6.07, 6.45) is 8.22. The molecule has 0 aromatic carbocycles. The number of aromatic nitrogens is 1. The van der Waals surface area contributed by atoms with Gasteiger partial charge in [-0.1, -0.05) is 25.7 Å². The number of rotatable bonds is 3. The number of nitrogens with two attached hydrogens (primary N) is 1. The number of amides is 1. The molecule has 0 spiro atoms. The van der Waals surface area contributed by atoms with Crippen molar-refractivity contribution in [3.8, 4) is 0 Å². The van der Waals surface area contributed by atoms with Crippen molar-refractivity contribution in [1.29, 1.82) is 5.41 Å². The molecular formula is C15H24N4O. The van der Waals surface area contributed by atoms with Gasteiger partial charge in [-0.2, -0.15) is 0 Å². The molecule has 1 fully saturated rings. The molecule has 0 radical (unpaired) electrons. The van der Waals surface area contributed by atoms with E-state index in [1.54, 1.807) is 25.1 Å². The SMILES string of the molecule is CN(C)C(=O)c1cc(C=N)c(N)n1C1CCCCCC1. The smallest absolute Gasteiger partial charge is 0.270 e. The predicted molar refractivity (Wildman–Crippen MR) is 81.5 cm³/mol. The van der Waals surface area contributed by atoms with Crippen molar-refractivity contribution in [1.82, 2.24) is 9.47 Å². The molecule has 0 saturated heterocycles. The average Bonchev–Trinajstić information content (AvgIpc) is 2.62. The number of carbonyl (C=O) groups excluding carboxylic acids is 1. The van der Waals surface area contributed by atoms with Gasteiger partial charge in [0.05, 0.1) is 0 Å². The van der Waals surface area contributed by atoms with E-state index in [1.807, 2.05) is 4.57 Å². The topological polar surface area (TPSA) is 75.1 Å². The van der Waals surface area contributed by atoms with Gasteiger partial charge in [0.2, 0.25) is 0 Å². The minimum atomic E-state index is -0.0472. The monoisotopic (exact) mass is 276 g/mol. The minimum absolute atomic E-state index is 0.0472. The highest BCUT2D eigenvalue weighted by Crippen LogP contribution is 2.32. The molecule has 3 N–H and O–H groups in total. The van der Waals surface area contributed by atoms with E-state index in [9.17, 15) is 4.79 Å². The van der Waals surface area contributed by atoms with Crippen LogP contribution in [-0.2, 0) is 0 Å². The summed E-state index contributed by atoms with van der Waals surface area (Å²) in [7, 11) is 3.49. The summed E-state index contributed by atoms with van der Waals surface area (Å²) >= 11 is 0. The molecule has 1 amide bonds. The number of nitrogen functional groups attached to an aromatic ring is 1. The van der Waals surface area contributed by atoms with Gasteiger partial charge in [0.1, 0.15) is 11.5 Å². The van der Waals surface area contributed by atoms with Crippen molar-refractivity contribution in [2.24, 2.45) is 0 Å². The van der Waals surface area contributed by atoms with E-state index >= 15 is 0 Å². The number of nitrogens with one attached hydrogen (secondary N) is 1. The Labute approximate surface area is 120 Å². The average molecular weight is 276 g/mol. The Balaban J connectivity index is 2.45. The number of carbonyl (C=O) groups is 1. The lowest BCUT2D eigenvalue weighted by Gasteiger charge is -2.22. The third-order valence-corrected chi connectivity index (χ3v) is 4.08. The molecule has 5 nitrogen and oxygen atoms in total. The fourth-order valence-electron chi connectivity index (χ4n) is 2.98. The van der Waals surface area contributed by atoms with Gasteiger partial charge in [-0.25, -0.2) is 0 Å². The number of hydrogen-bond donors (Lipinski definition) is 2. The van der Waals surface area contributed by atoms with Gasteiger partial charge in [-0.05, 0) is 18.9 Å². The van der Waals surface area contributed by atoms with Crippen LogP contribution in [0.1, 0.15) is 60.6 Å². The Hall–Kier alpha value is -1.78. The van der Waals surface area contributed by atoms with Gasteiger partial charge >= 0.3 is 0 Å². The van der Waals surface area contributed by atoms with Gasteiger partial charge in [0, 0.05) is 31.9 Å². The first-order chi connectivity index (χ1) is 9.56. The maximum Gasteiger partial charge on any atom is 0.270 e. The molecule has 0 atom stereocenters. The van der Waals surface area contributed by atoms with Crippen molar-refractivity contribution in [3.05, 3.63) is 17.3 Å². The first-order valence-electron chi connectivity index (χ1n) is 7.29. The fraction of sp³-hybridized carbons (Fsp3) is 0.600. The third kappa shape index (κ3) is 2.71. The number of anilines is 1. The lowest BCUT2D eigenvalue weighted by molar-refractivity contribution is 0.0814. The Morgan fingerprint density at radius 2 is 1.95 bits per heavy atom. The Bertz CT molecular complexity index is 496. The molecule has 0 aliphatic heterocycles. The van der Waals surface area contributed by atoms with Crippen LogP contribution in [0.3, 0.4) is 0 Å². The van der Waals surface area contributed by atoms with Gasteiger partial charge in [-0.15, -0.1) is 0 Å². The van der Waals surface area contributed by atoms with E-state index in [1.165, 1.54) is 31.9 Å². The first kappa shape index (κ1) is 14.6. The Morgan fingerprint density at radius 3 is 2.45 bits per heavy atom. The van der Waals surface area contributed by atoms with E-state index in [2.05, 4.69) is 0 Å². The summed E-state index contributed by atoms with van der Waals surface area (Å²) < 4.78 is 1.97. The third-order valence-electron chi connectivity index (χ3n) is 4.08. The molecular weight excluding hydrogens is 252 g/mol. The summed E-state index contributed by atoms with van der Waals surface area (Å²) in [4.78, 5) is 13.9. The van der Waals surface area contributed by atoms with E-state index in [0.717, 1.165) is 12.8 Å². The van der Waals surface area contributed by atoms with Gasteiger partial charge in [0.15, 0.2) is 0 Å². The maximum atomic E-state index is 12.3. The number of nitrogens with zero attached hydrogens (tertiary/aromatic N) is 2. The van der Waals surface area contributed by atoms with Crippen molar-refractivity contribution < 1.29 is 4.79 Å². The normalized spacial score (nSPS) is 16.7. The van der Waals surface area contributed by atoms with Crippen LogP contribution in [0.2, 0.25) is 0 Å². The molecule has 0 unspecified atom stereocenters. The van der Waals surface area contributed by atoms with Crippen LogP contribution in [0.15, 0.2) is 6.07 Å². The zero-order valence-electron chi connectivity index (χ0n) is 12.4. The standard InChI is InChI=1S/C15H24N4O/c1-18(2)15(20)13-9-11(10-16)14(17)19(13)12-7-5-3-4-6-8-12/h9-10,12,16H,3-8,17H2,1-2H3. The van der Waals surface area contributed by atoms with Gasteiger partial charge < -0.3 is 20.6 Å². The zero-order chi connectivity index (χ0) is 14.7. The summed E-state index contributed by atoms with van der Waals surface area (Å²) in [6.45, 7) is 0. The summed E-state index contributed by atoms with van der Waals surface area (Å²) in [6, 6.07) is 2.03. The molecule has 0 bridgehead atoms. The molecule has 1 aliphatic rings. The molecule has 1 aromatic heterocycles. The van der Waals surface area contributed by atoms with Crippen molar-refractivity contribution in [3.63, 3.8) is 0 Å². The number of hydrogen-bond acceptors (Lipinski definition) is 3. The van der Waals surface area contributed by atoms with E-state index in [0.29, 0.717) is 17.1 Å². The van der Waals surface area contributed by atoms with Crippen molar-refractivity contribution in [2.45, 2.75) is 44.6 Å². The lowest BCUT2D eigenvalue weighted by atomic mass is 10.1. The van der Waals surface area contributed by atoms with Crippen LogP contribution in [0.5, 0.6) is 0 Å². The lowest BCUT2D eigenvalue weighted by Crippen LogP contribution is -2.26. The summed E-state index contributed by atoms with van der Waals surface area (Å²) in [5.74, 6) is 0.506. The second-order valence-corrected chi connectivity index (χ2v) is 5.73. The van der Waals surface area contributed by atoms with Crippen LogP contribution in [0, 0.1) is 5.41 Å². The Morgan fingerprint density at radius 1 is 1.35 bits per heavy atom. The largest absolute Gasteiger partial charge is 0.385 e. The minimum Gasteiger partial charge on any atom is -0.385 e. The second-order valence-electron chi connectivity index (χ2n) is 5.73. The Kier molecular flexibility index (Phi) is 4.47. The fourth-order valence-corrected chi connectivity index (χ4v) is 2.98. The van der Waals surface area contributed by atoms with E-state index in [-0.39, 0.29) is 11.9 Å². The molecule has 1 aromatic rings. The van der Waals surface area contributed by atoms with Gasteiger partial charge in [0.25, 0.3) is 5.91 Å². The quantitative estimate of drug-likeness (QED) is 0.658. The van der Waals surface area contributed by atoms with Crippen molar-refractivity contribution in [2.75, 3.05) is 19.8 Å². The van der Waals surface area contributed by atoms with E-state index in [4.69, 9.17) is 11.1 Å². The molecule has 5 heteroatoms. The zero-order valence-corrected chi connectivity index (χ0v) is 12.4. The molecule has 2 rings (SSSR count). The highest BCUT2D eigenvalue weighted by molar-refractivity contribution is 5.97. The maximum absolute atomic E-state index is 12.3. The van der Waals surface area contributed by atoms with Crippen LogP contribution in [0.25, 0.3) is 0 Å².